The van der Waals surface area contributed by atoms with Gasteiger partial charge in [0.25, 0.3) is 0 Å². The SMILES string of the molecule is c1cc(-c2ccc3ccccc3c2)cc(-c2c3ccccc3c(-c3ccc4c(c3)oc3c4ccc4c5ccccc5oc43)c3ccccc23)c1. The molecule has 232 valence electrons. The molecule has 11 rings (SSSR count). The van der Waals surface area contributed by atoms with Gasteiger partial charge in [0.2, 0.25) is 0 Å². The summed E-state index contributed by atoms with van der Waals surface area (Å²) in [6.45, 7) is 0. The molecule has 0 aliphatic heterocycles. The topological polar surface area (TPSA) is 26.3 Å². The fourth-order valence-corrected chi connectivity index (χ4v) is 8.15. The Hall–Kier alpha value is -6.64. The van der Waals surface area contributed by atoms with Crippen LogP contribution < -0.4 is 0 Å². The highest BCUT2D eigenvalue weighted by atomic mass is 16.4. The molecule has 0 radical (unpaired) electrons. The van der Waals surface area contributed by atoms with Crippen LogP contribution >= 0.6 is 0 Å². The minimum absolute atomic E-state index is 0.794. The number of para-hydroxylation sites is 1. The van der Waals surface area contributed by atoms with Gasteiger partial charge in [0.15, 0.2) is 11.2 Å². The highest BCUT2D eigenvalue weighted by molar-refractivity contribution is 6.23. The van der Waals surface area contributed by atoms with Crippen LogP contribution in [0.15, 0.2) is 179 Å². The molecule has 2 aromatic heterocycles. The van der Waals surface area contributed by atoms with Crippen LogP contribution in [0.25, 0.3) is 110 Å². The van der Waals surface area contributed by atoms with Gasteiger partial charge in [0, 0.05) is 21.5 Å². The monoisotopic (exact) mass is 636 g/mol. The summed E-state index contributed by atoms with van der Waals surface area (Å²) >= 11 is 0. The Labute approximate surface area is 287 Å². The van der Waals surface area contributed by atoms with Crippen molar-refractivity contribution >= 4 is 76.2 Å². The van der Waals surface area contributed by atoms with Crippen molar-refractivity contribution in [1.82, 2.24) is 0 Å². The Morgan fingerprint density at radius 3 is 1.44 bits per heavy atom. The zero-order valence-electron chi connectivity index (χ0n) is 27.0. The van der Waals surface area contributed by atoms with E-state index in [9.17, 15) is 0 Å². The van der Waals surface area contributed by atoms with Crippen LogP contribution in [-0.2, 0) is 0 Å². The zero-order chi connectivity index (χ0) is 32.8. The van der Waals surface area contributed by atoms with E-state index < -0.39 is 0 Å². The number of hydrogen-bond acceptors (Lipinski definition) is 2. The predicted molar refractivity (Wildman–Crippen MR) is 210 cm³/mol. The molecule has 11 aromatic rings. The number of fused-ring (bicyclic) bond motifs is 10. The van der Waals surface area contributed by atoms with Gasteiger partial charge in [0.1, 0.15) is 11.2 Å². The van der Waals surface area contributed by atoms with Crippen molar-refractivity contribution < 1.29 is 8.83 Å². The average molecular weight is 637 g/mol. The van der Waals surface area contributed by atoms with Crippen molar-refractivity contribution in [3.8, 4) is 33.4 Å². The van der Waals surface area contributed by atoms with E-state index in [2.05, 4.69) is 152 Å². The molecule has 0 aliphatic carbocycles. The van der Waals surface area contributed by atoms with Crippen LogP contribution in [0, 0.1) is 0 Å². The normalized spacial score (nSPS) is 12.0. The lowest BCUT2D eigenvalue weighted by molar-refractivity contribution is 0.633. The molecule has 2 heteroatoms. The maximum absolute atomic E-state index is 6.66. The molecule has 2 nitrogen and oxygen atoms in total. The van der Waals surface area contributed by atoms with Gasteiger partial charge in [-0.2, -0.15) is 0 Å². The van der Waals surface area contributed by atoms with Crippen molar-refractivity contribution in [2.75, 3.05) is 0 Å². The van der Waals surface area contributed by atoms with Gasteiger partial charge in [-0.05, 0) is 108 Å². The fraction of sp³-hybridized carbons (Fsp3) is 0. The molecule has 0 aliphatic rings. The Morgan fingerprint density at radius 1 is 0.260 bits per heavy atom. The van der Waals surface area contributed by atoms with Gasteiger partial charge in [-0.25, -0.2) is 0 Å². The highest BCUT2D eigenvalue weighted by Gasteiger charge is 2.20. The summed E-state index contributed by atoms with van der Waals surface area (Å²) in [5, 5.41) is 11.7. The van der Waals surface area contributed by atoms with Crippen molar-refractivity contribution in [3.63, 3.8) is 0 Å². The van der Waals surface area contributed by atoms with Crippen LogP contribution in [0.2, 0.25) is 0 Å². The van der Waals surface area contributed by atoms with Crippen LogP contribution in [0.3, 0.4) is 0 Å². The van der Waals surface area contributed by atoms with Crippen molar-refractivity contribution in [2.45, 2.75) is 0 Å². The van der Waals surface area contributed by atoms with Crippen molar-refractivity contribution in [3.05, 3.63) is 170 Å². The van der Waals surface area contributed by atoms with E-state index in [0.29, 0.717) is 0 Å². The third kappa shape index (κ3) is 3.96. The molecule has 9 aromatic carbocycles. The Morgan fingerprint density at radius 2 is 0.740 bits per heavy atom. The van der Waals surface area contributed by atoms with Crippen LogP contribution in [-0.4, -0.2) is 0 Å². The third-order valence-corrected chi connectivity index (χ3v) is 10.4. The second kappa shape index (κ2) is 10.4. The number of hydrogen-bond donors (Lipinski definition) is 0. The average Bonchev–Trinajstić information content (AvgIpc) is 3.75. The molecule has 50 heavy (non-hydrogen) atoms. The molecule has 0 unspecified atom stereocenters. The van der Waals surface area contributed by atoms with Gasteiger partial charge in [-0.3, -0.25) is 0 Å². The molecular weight excluding hydrogens is 609 g/mol. The molecule has 0 spiro atoms. The molecule has 2 heterocycles. The third-order valence-electron chi connectivity index (χ3n) is 10.4. The summed E-state index contributed by atoms with van der Waals surface area (Å²) < 4.78 is 13.0. The molecule has 0 amide bonds. The largest absolute Gasteiger partial charge is 0.452 e. The predicted octanol–water partition coefficient (Wildman–Crippen LogP) is 13.9. The summed E-state index contributed by atoms with van der Waals surface area (Å²) in [5.74, 6) is 0. The second-order valence-corrected chi connectivity index (χ2v) is 13.2. The lowest BCUT2D eigenvalue weighted by atomic mass is 9.85. The van der Waals surface area contributed by atoms with Gasteiger partial charge in [-0.15, -0.1) is 0 Å². The van der Waals surface area contributed by atoms with Gasteiger partial charge in [-0.1, -0.05) is 127 Å². The van der Waals surface area contributed by atoms with E-state index in [0.717, 1.165) is 49.4 Å². The fourth-order valence-electron chi connectivity index (χ4n) is 8.15. The summed E-state index contributed by atoms with van der Waals surface area (Å²) in [6, 6.07) is 61.1. The van der Waals surface area contributed by atoms with Crippen LogP contribution in [0.5, 0.6) is 0 Å². The van der Waals surface area contributed by atoms with Crippen molar-refractivity contribution in [2.24, 2.45) is 0 Å². The van der Waals surface area contributed by atoms with Crippen LogP contribution in [0.1, 0.15) is 0 Å². The summed E-state index contributed by atoms with van der Waals surface area (Å²) in [7, 11) is 0. The summed E-state index contributed by atoms with van der Waals surface area (Å²) in [4.78, 5) is 0. The van der Waals surface area contributed by atoms with E-state index in [1.165, 1.54) is 60.1 Å². The highest BCUT2D eigenvalue weighted by Crippen LogP contribution is 2.46. The van der Waals surface area contributed by atoms with Gasteiger partial charge < -0.3 is 8.83 Å². The molecule has 0 fully saturated rings. The molecule has 0 N–H and O–H groups in total. The number of furan rings is 2. The Bertz CT molecular complexity index is 3100. The van der Waals surface area contributed by atoms with Gasteiger partial charge >= 0.3 is 0 Å². The molecule has 0 saturated heterocycles. The lowest BCUT2D eigenvalue weighted by Crippen LogP contribution is -1.91. The van der Waals surface area contributed by atoms with E-state index in [4.69, 9.17) is 8.83 Å². The minimum Gasteiger partial charge on any atom is -0.452 e. The quantitative estimate of drug-likeness (QED) is 0.180. The first kappa shape index (κ1) is 27.3. The summed E-state index contributed by atoms with van der Waals surface area (Å²) in [5.41, 5.74) is 10.5. The Balaban J connectivity index is 1.13. The van der Waals surface area contributed by atoms with Crippen molar-refractivity contribution in [1.29, 1.82) is 0 Å². The first-order valence-corrected chi connectivity index (χ1v) is 17.1. The number of rotatable bonds is 3. The first-order chi connectivity index (χ1) is 24.8. The van der Waals surface area contributed by atoms with E-state index >= 15 is 0 Å². The molecule has 0 saturated carbocycles. The van der Waals surface area contributed by atoms with E-state index in [1.54, 1.807) is 0 Å². The lowest BCUT2D eigenvalue weighted by Gasteiger charge is -2.18. The molecular formula is C48H28O2. The minimum atomic E-state index is 0.794. The molecule has 0 atom stereocenters. The first-order valence-electron chi connectivity index (χ1n) is 17.1. The second-order valence-electron chi connectivity index (χ2n) is 13.2. The Kier molecular flexibility index (Phi) is 5.70. The van der Waals surface area contributed by atoms with E-state index in [1.807, 2.05) is 18.2 Å². The summed E-state index contributed by atoms with van der Waals surface area (Å²) in [6.07, 6.45) is 0. The van der Waals surface area contributed by atoms with E-state index in [-0.39, 0.29) is 0 Å². The zero-order valence-corrected chi connectivity index (χ0v) is 27.0. The maximum Gasteiger partial charge on any atom is 0.178 e. The smallest absolute Gasteiger partial charge is 0.178 e. The maximum atomic E-state index is 6.66. The molecule has 0 bridgehead atoms. The standard InChI is InChI=1S/C48H28O2/c1-2-11-30-26-32(21-20-29(30)10-1)31-12-9-13-33(27-31)45-37-15-3-5-17-39(37)46(40-18-6-4-16-38(40)45)34-22-23-36-42-25-24-41-35-14-7-8-19-43(35)49-47(41)48(42)50-44(36)28-34/h1-28H. The van der Waals surface area contributed by atoms with Gasteiger partial charge in [0.05, 0.1) is 0 Å². The number of benzene rings is 9. The van der Waals surface area contributed by atoms with Crippen LogP contribution in [0.4, 0.5) is 0 Å².